The normalized spacial score (nSPS) is 9.18. The van der Waals surface area contributed by atoms with Gasteiger partial charge in [-0.1, -0.05) is 6.08 Å². The van der Waals surface area contributed by atoms with Crippen LogP contribution in [0.2, 0.25) is 0 Å². The van der Waals surface area contributed by atoms with E-state index < -0.39 is 11.0 Å². The minimum Gasteiger partial charge on any atom is -0.333 e. The van der Waals surface area contributed by atoms with Crippen molar-refractivity contribution in [3.63, 3.8) is 0 Å². The van der Waals surface area contributed by atoms with Crippen molar-refractivity contribution in [2.24, 2.45) is 0 Å². The van der Waals surface area contributed by atoms with Gasteiger partial charge in [-0.2, -0.15) is 0 Å². The molecule has 0 aliphatic rings. The second-order valence-electron chi connectivity index (χ2n) is 2.88. The molecule has 0 aliphatic heterocycles. The predicted molar refractivity (Wildman–Crippen MR) is 61.2 cm³/mol. The highest BCUT2D eigenvalue weighted by molar-refractivity contribution is 5.76. The average molecular weight is 237 g/mol. The standard InChI is InChI=1S/C9H11N5O3/c1-2-5-11-9(15)13-12-8-7(14(16)17)4-3-6-10-8/h2-4,6H,1,5H2,(H,10,12)(H2,11,13,15). The summed E-state index contributed by atoms with van der Waals surface area (Å²) in [6, 6.07) is 2.17. The number of rotatable bonds is 5. The molecule has 8 nitrogen and oxygen atoms in total. The molecule has 0 unspecified atom stereocenters. The number of hydrazine groups is 1. The van der Waals surface area contributed by atoms with E-state index in [4.69, 9.17) is 0 Å². The van der Waals surface area contributed by atoms with Crippen LogP contribution in [0, 0.1) is 10.1 Å². The lowest BCUT2D eigenvalue weighted by atomic mass is 10.4. The number of anilines is 1. The van der Waals surface area contributed by atoms with Gasteiger partial charge in [0.05, 0.1) is 4.92 Å². The van der Waals surface area contributed by atoms with E-state index in [0.29, 0.717) is 0 Å². The fourth-order valence-electron chi connectivity index (χ4n) is 0.965. The summed E-state index contributed by atoms with van der Waals surface area (Å²) in [6.45, 7) is 3.71. The molecule has 0 fully saturated rings. The highest BCUT2D eigenvalue weighted by Crippen LogP contribution is 2.18. The molecular weight excluding hydrogens is 226 g/mol. The maximum Gasteiger partial charge on any atom is 0.333 e. The number of nitro groups is 1. The number of nitrogens with one attached hydrogen (secondary N) is 3. The molecule has 0 saturated heterocycles. The number of hydrogen-bond acceptors (Lipinski definition) is 5. The third-order valence-electron chi connectivity index (χ3n) is 1.68. The Morgan fingerprint density at radius 3 is 3.06 bits per heavy atom. The summed E-state index contributed by atoms with van der Waals surface area (Å²) in [5, 5.41) is 13.0. The molecule has 0 aromatic carbocycles. The van der Waals surface area contributed by atoms with Crippen molar-refractivity contribution in [1.82, 2.24) is 15.7 Å². The average Bonchev–Trinajstić information content (AvgIpc) is 2.34. The molecule has 0 aliphatic carbocycles. The van der Waals surface area contributed by atoms with Crippen LogP contribution in [0.1, 0.15) is 0 Å². The molecular formula is C9H11N5O3. The first-order valence-corrected chi connectivity index (χ1v) is 4.65. The number of pyridine rings is 1. The van der Waals surface area contributed by atoms with E-state index in [1.807, 2.05) is 0 Å². The number of carbonyl (C=O) groups excluding carboxylic acids is 1. The quantitative estimate of drug-likeness (QED) is 0.398. The SMILES string of the molecule is C=CCNC(=O)NNc1ncccc1[N+](=O)[O-]. The zero-order valence-corrected chi connectivity index (χ0v) is 8.84. The summed E-state index contributed by atoms with van der Waals surface area (Å²) in [6.07, 6.45) is 2.88. The van der Waals surface area contributed by atoms with Crippen molar-refractivity contribution in [3.8, 4) is 0 Å². The molecule has 1 heterocycles. The number of urea groups is 1. The maximum atomic E-state index is 11.1. The van der Waals surface area contributed by atoms with Gasteiger partial charge >= 0.3 is 11.7 Å². The van der Waals surface area contributed by atoms with Crippen LogP contribution in [-0.4, -0.2) is 22.5 Å². The lowest BCUT2D eigenvalue weighted by Gasteiger charge is -2.07. The second-order valence-corrected chi connectivity index (χ2v) is 2.88. The highest BCUT2D eigenvalue weighted by atomic mass is 16.6. The minimum absolute atomic E-state index is 0.0359. The molecule has 90 valence electrons. The Balaban J connectivity index is 2.60. The third kappa shape index (κ3) is 3.78. The summed E-state index contributed by atoms with van der Waals surface area (Å²) in [5.41, 5.74) is 4.34. The molecule has 0 radical (unpaired) electrons. The van der Waals surface area contributed by atoms with Crippen molar-refractivity contribution < 1.29 is 9.72 Å². The monoisotopic (exact) mass is 237 g/mol. The fourth-order valence-corrected chi connectivity index (χ4v) is 0.965. The van der Waals surface area contributed by atoms with Gasteiger partial charge in [0.15, 0.2) is 0 Å². The van der Waals surface area contributed by atoms with E-state index in [0.717, 1.165) is 0 Å². The summed E-state index contributed by atoms with van der Waals surface area (Å²) < 4.78 is 0. The van der Waals surface area contributed by atoms with E-state index >= 15 is 0 Å². The largest absolute Gasteiger partial charge is 0.333 e. The Bertz CT molecular complexity index is 434. The molecule has 0 atom stereocenters. The Morgan fingerprint density at radius 2 is 2.41 bits per heavy atom. The molecule has 3 N–H and O–H groups in total. The zero-order valence-electron chi connectivity index (χ0n) is 8.84. The van der Waals surface area contributed by atoms with E-state index in [1.165, 1.54) is 24.4 Å². The summed E-state index contributed by atoms with van der Waals surface area (Å²) in [7, 11) is 0. The molecule has 1 rings (SSSR count). The summed E-state index contributed by atoms with van der Waals surface area (Å²) >= 11 is 0. The van der Waals surface area contributed by atoms with Gasteiger partial charge in [-0.3, -0.25) is 21.0 Å². The molecule has 1 aromatic heterocycles. The Morgan fingerprint density at radius 1 is 1.65 bits per heavy atom. The molecule has 1 aromatic rings. The van der Waals surface area contributed by atoms with Gasteiger partial charge in [-0.25, -0.2) is 9.78 Å². The molecule has 8 heteroatoms. The van der Waals surface area contributed by atoms with Gasteiger partial charge in [0.25, 0.3) is 0 Å². The maximum absolute atomic E-state index is 11.1. The van der Waals surface area contributed by atoms with Gasteiger partial charge in [-0.15, -0.1) is 6.58 Å². The number of amides is 2. The van der Waals surface area contributed by atoms with E-state index in [-0.39, 0.29) is 18.1 Å². The first-order chi connectivity index (χ1) is 8.15. The van der Waals surface area contributed by atoms with Gasteiger partial charge in [0.2, 0.25) is 5.82 Å². The highest BCUT2D eigenvalue weighted by Gasteiger charge is 2.13. The van der Waals surface area contributed by atoms with Crippen LogP contribution in [0.4, 0.5) is 16.3 Å². The molecule has 0 bridgehead atoms. The lowest BCUT2D eigenvalue weighted by molar-refractivity contribution is -0.384. The summed E-state index contributed by atoms with van der Waals surface area (Å²) in [5.74, 6) is -0.0359. The van der Waals surface area contributed by atoms with E-state index in [2.05, 4.69) is 27.7 Å². The molecule has 2 amide bonds. The molecule has 0 spiro atoms. The predicted octanol–water partition coefficient (Wildman–Crippen LogP) is 0.802. The van der Waals surface area contributed by atoms with Crippen molar-refractivity contribution in [2.75, 3.05) is 12.0 Å². The zero-order chi connectivity index (χ0) is 12.7. The number of aromatic nitrogens is 1. The fraction of sp³-hybridized carbons (Fsp3) is 0.111. The Labute approximate surface area is 96.9 Å². The second kappa shape index (κ2) is 6.05. The van der Waals surface area contributed by atoms with Crippen molar-refractivity contribution in [3.05, 3.63) is 41.1 Å². The van der Waals surface area contributed by atoms with Crippen LogP contribution in [0.25, 0.3) is 0 Å². The first kappa shape index (κ1) is 12.4. The first-order valence-electron chi connectivity index (χ1n) is 4.65. The molecule has 0 saturated carbocycles. The van der Waals surface area contributed by atoms with Crippen LogP contribution in [-0.2, 0) is 0 Å². The Hall–Kier alpha value is -2.64. The Kier molecular flexibility index (Phi) is 4.43. The van der Waals surface area contributed by atoms with Gasteiger partial charge in [-0.05, 0) is 6.07 Å². The smallest absolute Gasteiger partial charge is 0.333 e. The third-order valence-corrected chi connectivity index (χ3v) is 1.68. The van der Waals surface area contributed by atoms with Crippen molar-refractivity contribution >= 4 is 17.5 Å². The molecule has 17 heavy (non-hydrogen) atoms. The number of nitrogens with zero attached hydrogens (tertiary/aromatic N) is 2. The van der Waals surface area contributed by atoms with Gasteiger partial charge < -0.3 is 5.32 Å². The van der Waals surface area contributed by atoms with Crippen LogP contribution in [0.5, 0.6) is 0 Å². The summed E-state index contributed by atoms with van der Waals surface area (Å²) in [4.78, 5) is 24.9. The number of hydrogen-bond donors (Lipinski definition) is 3. The van der Waals surface area contributed by atoms with Crippen LogP contribution >= 0.6 is 0 Å². The van der Waals surface area contributed by atoms with Gasteiger partial charge in [0.1, 0.15) is 0 Å². The lowest BCUT2D eigenvalue weighted by Crippen LogP contribution is -2.39. The van der Waals surface area contributed by atoms with Gasteiger partial charge in [0, 0.05) is 18.8 Å². The number of carbonyl (C=O) groups is 1. The van der Waals surface area contributed by atoms with E-state index in [1.54, 1.807) is 0 Å². The van der Waals surface area contributed by atoms with Crippen molar-refractivity contribution in [2.45, 2.75) is 0 Å². The topological polar surface area (TPSA) is 109 Å². The van der Waals surface area contributed by atoms with E-state index in [9.17, 15) is 14.9 Å². The van der Waals surface area contributed by atoms with Crippen LogP contribution in [0.15, 0.2) is 31.0 Å². The van der Waals surface area contributed by atoms with Crippen LogP contribution < -0.4 is 16.2 Å². The minimum atomic E-state index is -0.599. The van der Waals surface area contributed by atoms with Crippen molar-refractivity contribution in [1.29, 1.82) is 0 Å². The van der Waals surface area contributed by atoms with Crippen LogP contribution in [0.3, 0.4) is 0 Å².